The van der Waals surface area contributed by atoms with Gasteiger partial charge in [0, 0.05) is 23.9 Å². The molecule has 168 valence electrons. The van der Waals surface area contributed by atoms with E-state index in [-0.39, 0.29) is 13.1 Å². The van der Waals surface area contributed by atoms with Gasteiger partial charge < -0.3 is 5.32 Å². The number of para-hydroxylation sites is 1. The number of aromatic nitrogens is 2. The van der Waals surface area contributed by atoms with Crippen molar-refractivity contribution in [2.24, 2.45) is 0 Å². The van der Waals surface area contributed by atoms with E-state index < -0.39 is 17.7 Å². The minimum atomic E-state index is -0.447. The summed E-state index contributed by atoms with van der Waals surface area (Å²) in [7, 11) is 0. The summed E-state index contributed by atoms with van der Waals surface area (Å²) < 4.78 is 1.77. The first kappa shape index (κ1) is 21.3. The third-order valence-corrected chi connectivity index (χ3v) is 5.76. The number of amides is 3. The average Bonchev–Trinajstić information content (AvgIpc) is 3.39. The maximum atomic E-state index is 12.7. The number of nitrogens with zero attached hydrogens (tertiary/aromatic N) is 3. The SMILES string of the molecule is Cc1ccc2c(c1)C(=O)N(CC(=O)NCc1cn(-c3ccccc3)nc1-c1ccccc1)C2=O. The van der Waals surface area contributed by atoms with Crippen molar-refractivity contribution in [1.82, 2.24) is 20.0 Å². The summed E-state index contributed by atoms with van der Waals surface area (Å²) >= 11 is 0. The third-order valence-electron chi connectivity index (χ3n) is 5.76. The Kier molecular flexibility index (Phi) is 5.51. The van der Waals surface area contributed by atoms with Gasteiger partial charge in [0.05, 0.1) is 22.5 Å². The van der Waals surface area contributed by atoms with Crippen LogP contribution in [0, 0.1) is 6.92 Å². The normalized spacial score (nSPS) is 12.7. The summed E-state index contributed by atoms with van der Waals surface area (Å²) in [4.78, 5) is 39.0. The van der Waals surface area contributed by atoms with Crippen molar-refractivity contribution in [3.05, 3.63) is 107 Å². The fourth-order valence-corrected chi connectivity index (χ4v) is 4.03. The number of rotatable bonds is 6. The summed E-state index contributed by atoms with van der Waals surface area (Å²) in [5.41, 5.74) is 4.96. The van der Waals surface area contributed by atoms with Crippen molar-refractivity contribution in [3.8, 4) is 16.9 Å². The quantitative estimate of drug-likeness (QED) is 0.454. The first-order valence-corrected chi connectivity index (χ1v) is 10.9. The molecule has 4 aromatic rings. The molecule has 1 aliphatic rings. The lowest BCUT2D eigenvalue weighted by Gasteiger charge is -2.13. The van der Waals surface area contributed by atoms with E-state index in [1.165, 1.54) is 0 Å². The van der Waals surface area contributed by atoms with Gasteiger partial charge in [-0.1, -0.05) is 60.2 Å². The van der Waals surface area contributed by atoms with Gasteiger partial charge in [-0.05, 0) is 31.2 Å². The van der Waals surface area contributed by atoms with Crippen LogP contribution in [0.1, 0.15) is 31.8 Å². The van der Waals surface area contributed by atoms with E-state index in [4.69, 9.17) is 5.10 Å². The molecule has 0 radical (unpaired) electrons. The zero-order valence-corrected chi connectivity index (χ0v) is 18.6. The molecule has 5 rings (SSSR count). The Bertz CT molecular complexity index is 1390. The monoisotopic (exact) mass is 450 g/mol. The minimum absolute atomic E-state index is 0.207. The van der Waals surface area contributed by atoms with Gasteiger partial charge in [0.2, 0.25) is 5.91 Å². The van der Waals surface area contributed by atoms with Gasteiger partial charge in [0.15, 0.2) is 0 Å². The number of carbonyl (C=O) groups is 3. The molecule has 0 saturated heterocycles. The molecule has 7 heteroatoms. The van der Waals surface area contributed by atoms with Crippen molar-refractivity contribution in [2.75, 3.05) is 6.54 Å². The topological polar surface area (TPSA) is 84.3 Å². The fraction of sp³-hybridized carbons (Fsp3) is 0.111. The summed E-state index contributed by atoms with van der Waals surface area (Å²) in [5.74, 6) is -1.31. The van der Waals surface area contributed by atoms with Gasteiger partial charge in [-0.2, -0.15) is 5.10 Å². The second kappa shape index (κ2) is 8.78. The Labute approximate surface area is 196 Å². The fourth-order valence-electron chi connectivity index (χ4n) is 4.03. The van der Waals surface area contributed by atoms with Crippen molar-refractivity contribution in [1.29, 1.82) is 0 Å². The van der Waals surface area contributed by atoms with Gasteiger partial charge in [-0.15, -0.1) is 0 Å². The molecule has 3 amide bonds. The summed E-state index contributed by atoms with van der Waals surface area (Å²) in [5, 5.41) is 7.58. The Morgan fingerprint density at radius 2 is 1.56 bits per heavy atom. The van der Waals surface area contributed by atoms with Crippen molar-refractivity contribution in [2.45, 2.75) is 13.5 Å². The zero-order valence-electron chi connectivity index (χ0n) is 18.6. The molecule has 0 spiro atoms. The van der Waals surface area contributed by atoms with Crippen molar-refractivity contribution in [3.63, 3.8) is 0 Å². The van der Waals surface area contributed by atoms with Crippen molar-refractivity contribution >= 4 is 17.7 Å². The van der Waals surface area contributed by atoms with Crippen LogP contribution in [-0.4, -0.2) is 38.9 Å². The molecular formula is C27H22N4O3. The number of aryl methyl sites for hydroxylation is 1. The number of benzene rings is 3. The average molecular weight is 450 g/mol. The number of nitrogens with one attached hydrogen (secondary N) is 1. The summed E-state index contributed by atoms with van der Waals surface area (Å²) in [6, 6.07) is 24.5. The number of hydrogen-bond donors (Lipinski definition) is 1. The predicted octanol–water partition coefficient (Wildman–Crippen LogP) is 3.76. The smallest absolute Gasteiger partial charge is 0.262 e. The highest BCUT2D eigenvalue weighted by Gasteiger charge is 2.36. The number of carbonyl (C=O) groups excluding carboxylic acids is 3. The van der Waals surface area contributed by atoms with E-state index >= 15 is 0 Å². The highest BCUT2D eigenvalue weighted by Crippen LogP contribution is 2.25. The van der Waals surface area contributed by atoms with Gasteiger partial charge in [-0.3, -0.25) is 19.3 Å². The van der Waals surface area contributed by atoms with Crippen LogP contribution >= 0.6 is 0 Å². The predicted molar refractivity (Wildman–Crippen MR) is 127 cm³/mol. The number of hydrogen-bond acceptors (Lipinski definition) is 4. The van der Waals surface area contributed by atoms with E-state index in [9.17, 15) is 14.4 Å². The second-order valence-corrected chi connectivity index (χ2v) is 8.17. The molecule has 0 atom stereocenters. The largest absolute Gasteiger partial charge is 0.350 e. The first-order chi connectivity index (χ1) is 16.5. The van der Waals surface area contributed by atoms with Crippen LogP contribution in [0.2, 0.25) is 0 Å². The standard InChI is InChI=1S/C27H22N4O3/c1-18-12-13-22-23(14-18)27(34)30(26(22)33)17-24(32)28-15-20-16-31(21-10-6-3-7-11-21)29-25(20)19-8-4-2-5-9-19/h2-14,16H,15,17H2,1H3,(H,28,32). The lowest BCUT2D eigenvalue weighted by Crippen LogP contribution is -2.40. The van der Waals surface area contributed by atoms with Crippen LogP contribution in [0.25, 0.3) is 16.9 Å². The summed E-state index contributed by atoms with van der Waals surface area (Å²) in [6.45, 7) is 1.73. The van der Waals surface area contributed by atoms with E-state index in [2.05, 4.69) is 5.32 Å². The maximum Gasteiger partial charge on any atom is 0.262 e. The van der Waals surface area contributed by atoms with E-state index in [1.807, 2.05) is 73.8 Å². The molecule has 7 nitrogen and oxygen atoms in total. The van der Waals surface area contributed by atoms with E-state index in [1.54, 1.807) is 22.9 Å². The molecule has 0 fully saturated rings. The van der Waals surface area contributed by atoms with Crippen LogP contribution in [-0.2, 0) is 11.3 Å². The lowest BCUT2D eigenvalue weighted by molar-refractivity contribution is -0.121. The number of fused-ring (bicyclic) bond motifs is 1. The van der Waals surface area contributed by atoms with Crippen LogP contribution < -0.4 is 5.32 Å². The maximum absolute atomic E-state index is 12.7. The lowest BCUT2D eigenvalue weighted by atomic mass is 10.1. The third kappa shape index (κ3) is 3.99. The van der Waals surface area contributed by atoms with Crippen LogP contribution in [0.4, 0.5) is 0 Å². The Morgan fingerprint density at radius 3 is 2.29 bits per heavy atom. The molecule has 0 aliphatic carbocycles. The molecule has 0 saturated carbocycles. The van der Waals surface area contributed by atoms with Gasteiger partial charge in [0.25, 0.3) is 11.8 Å². The molecule has 0 bridgehead atoms. The van der Waals surface area contributed by atoms with Gasteiger partial charge >= 0.3 is 0 Å². The Hall–Kier alpha value is -4.52. The molecule has 2 heterocycles. The zero-order chi connectivity index (χ0) is 23.7. The van der Waals surface area contributed by atoms with Crippen LogP contribution in [0.5, 0.6) is 0 Å². The Balaban J connectivity index is 1.34. The van der Waals surface area contributed by atoms with E-state index in [0.717, 1.165) is 33.0 Å². The highest BCUT2D eigenvalue weighted by molar-refractivity contribution is 6.22. The molecule has 1 aromatic heterocycles. The van der Waals surface area contributed by atoms with Crippen molar-refractivity contribution < 1.29 is 14.4 Å². The molecule has 0 unspecified atom stereocenters. The molecule has 1 N–H and O–H groups in total. The summed E-state index contributed by atoms with van der Waals surface area (Å²) in [6.07, 6.45) is 1.88. The van der Waals surface area contributed by atoms with Crippen LogP contribution in [0.15, 0.2) is 85.1 Å². The minimum Gasteiger partial charge on any atom is -0.350 e. The molecule has 3 aromatic carbocycles. The van der Waals surface area contributed by atoms with Crippen LogP contribution in [0.3, 0.4) is 0 Å². The molecular weight excluding hydrogens is 428 g/mol. The first-order valence-electron chi connectivity index (χ1n) is 10.9. The number of imide groups is 1. The molecule has 34 heavy (non-hydrogen) atoms. The molecule has 1 aliphatic heterocycles. The van der Waals surface area contributed by atoms with Gasteiger partial charge in [-0.25, -0.2) is 4.68 Å². The van der Waals surface area contributed by atoms with Gasteiger partial charge in [0.1, 0.15) is 6.54 Å². The highest BCUT2D eigenvalue weighted by atomic mass is 16.2. The Morgan fingerprint density at radius 1 is 0.882 bits per heavy atom. The van der Waals surface area contributed by atoms with E-state index in [0.29, 0.717) is 11.1 Å². The second-order valence-electron chi connectivity index (χ2n) is 8.17.